The van der Waals surface area contributed by atoms with Crippen LogP contribution < -0.4 is 15.8 Å². The Balaban J connectivity index is 1.80. The molecule has 2 rings (SSSR count). The fourth-order valence-corrected chi connectivity index (χ4v) is 3.00. The number of hydrogen-bond acceptors (Lipinski definition) is 5. The highest BCUT2D eigenvalue weighted by molar-refractivity contribution is 7.99. The number of anilines is 2. The number of nitrogens with one attached hydrogen (secondary N) is 1. The van der Waals surface area contributed by atoms with Gasteiger partial charge in [0.15, 0.2) is 0 Å². The van der Waals surface area contributed by atoms with Crippen LogP contribution in [0, 0.1) is 0 Å². The Bertz CT molecular complexity index is 380. The van der Waals surface area contributed by atoms with E-state index in [1.165, 1.54) is 24.6 Å². The minimum absolute atomic E-state index is 0.728. The maximum Gasteiger partial charge on any atom is 0.122 e. The summed E-state index contributed by atoms with van der Waals surface area (Å²) in [6.45, 7) is 4.42. The monoisotopic (exact) mass is 267 g/mol. The van der Waals surface area contributed by atoms with E-state index < -0.39 is 0 Å². The molecule has 1 aromatic carbocycles. The Kier molecular flexibility index (Phi) is 5.01. The second kappa shape index (κ2) is 6.75. The minimum Gasteiger partial charge on any atom is -0.497 e. The van der Waals surface area contributed by atoms with Crippen LogP contribution in [0.1, 0.15) is 0 Å². The first kappa shape index (κ1) is 13.4. The van der Waals surface area contributed by atoms with Crippen LogP contribution in [0.2, 0.25) is 0 Å². The zero-order valence-electron chi connectivity index (χ0n) is 10.8. The molecule has 1 aliphatic heterocycles. The Morgan fingerprint density at radius 1 is 1.33 bits per heavy atom. The molecule has 100 valence electrons. The molecule has 1 aromatic rings. The number of benzene rings is 1. The summed E-state index contributed by atoms with van der Waals surface area (Å²) in [5.41, 5.74) is 7.57. The molecule has 3 N–H and O–H groups in total. The van der Waals surface area contributed by atoms with Crippen LogP contribution in [0.5, 0.6) is 5.75 Å². The molecule has 0 unspecified atom stereocenters. The largest absolute Gasteiger partial charge is 0.497 e. The van der Waals surface area contributed by atoms with Crippen LogP contribution in [0.15, 0.2) is 18.2 Å². The molecule has 0 aliphatic carbocycles. The van der Waals surface area contributed by atoms with Crippen molar-refractivity contribution < 1.29 is 4.74 Å². The van der Waals surface area contributed by atoms with E-state index in [4.69, 9.17) is 10.5 Å². The van der Waals surface area contributed by atoms with E-state index in [1.807, 2.05) is 30.0 Å². The van der Waals surface area contributed by atoms with Gasteiger partial charge in [-0.2, -0.15) is 11.8 Å². The van der Waals surface area contributed by atoms with E-state index in [0.717, 1.165) is 30.2 Å². The van der Waals surface area contributed by atoms with Gasteiger partial charge in [-0.05, 0) is 6.07 Å². The quantitative estimate of drug-likeness (QED) is 0.796. The fraction of sp³-hybridized carbons (Fsp3) is 0.538. The molecule has 0 amide bonds. The predicted octanol–water partition coefficient (Wildman–Crippen LogP) is 1.74. The van der Waals surface area contributed by atoms with Gasteiger partial charge in [-0.3, -0.25) is 4.90 Å². The number of thioether (sulfide) groups is 1. The summed E-state index contributed by atoms with van der Waals surface area (Å²) in [7, 11) is 1.66. The maximum absolute atomic E-state index is 5.82. The number of nitrogen functional groups attached to an aromatic ring is 1. The number of nitrogens with two attached hydrogens (primary N) is 1. The smallest absolute Gasteiger partial charge is 0.122 e. The molecule has 5 heteroatoms. The van der Waals surface area contributed by atoms with Gasteiger partial charge in [0.05, 0.1) is 7.11 Å². The van der Waals surface area contributed by atoms with Crippen molar-refractivity contribution in [2.45, 2.75) is 0 Å². The molecular weight excluding hydrogens is 246 g/mol. The maximum atomic E-state index is 5.82. The van der Waals surface area contributed by atoms with Gasteiger partial charge in [-0.1, -0.05) is 0 Å². The lowest BCUT2D eigenvalue weighted by Gasteiger charge is -2.26. The third kappa shape index (κ3) is 3.99. The summed E-state index contributed by atoms with van der Waals surface area (Å²) in [6.07, 6.45) is 0. The molecule has 1 aliphatic rings. The third-order valence-electron chi connectivity index (χ3n) is 3.03. The van der Waals surface area contributed by atoms with Crippen LogP contribution in [0.4, 0.5) is 11.4 Å². The number of hydrogen-bond donors (Lipinski definition) is 2. The summed E-state index contributed by atoms with van der Waals surface area (Å²) in [4.78, 5) is 2.49. The Labute approximate surface area is 113 Å². The molecule has 1 fully saturated rings. The standard InChI is InChI=1S/C13H21N3OS/c1-17-13-9-11(14)8-12(10-13)15-2-3-16-4-6-18-7-5-16/h8-10,15H,2-7,14H2,1H3. The Hall–Kier alpha value is -1.07. The highest BCUT2D eigenvalue weighted by Gasteiger charge is 2.09. The van der Waals surface area contributed by atoms with Crippen molar-refractivity contribution in [2.75, 3.05) is 55.8 Å². The Morgan fingerprint density at radius 2 is 2.11 bits per heavy atom. The summed E-state index contributed by atoms with van der Waals surface area (Å²) in [5, 5.41) is 3.40. The molecule has 18 heavy (non-hydrogen) atoms. The third-order valence-corrected chi connectivity index (χ3v) is 3.97. The van der Waals surface area contributed by atoms with Gasteiger partial charge in [-0.25, -0.2) is 0 Å². The molecule has 0 atom stereocenters. The van der Waals surface area contributed by atoms with Crippen LogP contribution in [0.25, 0.3) is 0 Å². The highest BCUT2D eigenvalue weighted by atomic mass is 32.2. The average molecular weight is 267 g/mol. The Morgan fingerprint density at radius 3 is 2.83 bits per heavy atom. The van der Waals surface area contributed by atoms with Crippen LogP contribution in [-0.4, -0.2) is 49.7 Å². The van der Waals surface area contributed by atoms with Crippen LogP contribution in [0.3, 0.4) is 0 Å². The average Bonchev–Trinajstić information content (AvgIpc) is 2.39. The zero-order valence-corrected chi connectivity index (χ0v) is 11.6. The second-order valence-corrected chi connectivity index (χ2v) is 5.60. The van der Waals surface area contributed by atoms with Gasteiger partial charge in [-0.15, -0.1) is 0 Å². The number of ether oxygens (including phenoxy) is 1. The lowest BCUT2D eigenvalue weighted by Crippen LogP contribution is -2.36. The second-order valence-electron chi connectivity index (χ2n) is 4.38. The first-order valence-corrected chi connectivity index (χ1v) is 7.42. The van der Waals surface area contributed by atoms with Gasteiger partial charge < -0.3 is 15.8 Å². The normalized spacial score (nSPS) is 16.5. The lowest BCUT2D eigenvalue weighted by molar-refractivity contribution is 0.314. The van der Waals surface area contributed by atoms with E-state index in [2.05, 4.69) is 10.2 Å². The zero-order chi connectivity index (χ0) is 12.8. The predicted molar refractivity (Wildman–Crippen MR) is 79.7 cm³/mol. The lowest BCUT2D eigenvalue weighted by atomic mass is 10.2. The van der Waals surface area contributed by atoms with Gasteiger partial charge in [0, 0.05) is 61.2 Å². The molecule has 0 spiro atoms. The van der Waals surface area contributed by atoms with Gasteiger partial charge in [0.2, 0.25) is 0 Å². The van der Waals surface area contributed by atoms with Gasteiger partial charge in [0.25, 0.3) is 0 Å². The van der Waals surface area contributed by atoms with Crippen molar-refractivity contribution in [1.82, 2.24) is 4.90 Å². The number of rotatable bonds is 5. The molecule has 0 saturated carbocycles. The molecular formula is C13H21N3OS. The molecule has 0 bridgehead atoms. The van der Waals surface area contributed by atoms with E-state index in [-0.39, 0.29) is 0 Å². The number of nitrogens with zero attached hydrogens (tertiary/aromatic N) is 1. The van der Waals surface area contributed by atoms with Gasteiger partial charge >= 0.3 is 0 Å². The van der Waals surface area contributed by atoms with Crippen molar-refractivity contribution in [3.8, 4) is 5.75 Å². The van der Waals surface area contributed by atoms with Crippen LogP contribution >= 0.6 is 11.8 Å². The summed E-state index contributed by atoms with van der Waals surface area (Å²) >= 11 is 2.04. The van der Waals surface area contributed by atoms with Crippen LogP contribution in [-0.2, 0) is 0 Å². The summed E-state index contributed by atoms with van der Waals surface area (Å²) < 4.78 is 5.20. The SMILES string of the molecule is COc1cc(N)cc(NCCN2CCSCC2)c1. The summed E-state index contributed by atoms with van der Waals surface area (Å²) in [5.74, 6) is 3.31. The van der Waals surface area contributed by atoms with Crippen molar-refractivity contribution in [3.63, 3.8) is 0 Å². The topological polar surface area (TPSA) is 50.5 Å². The van der Waals surface area contributed by atoms with Crippen molar-refractivity contribution in [1.29, 1.82) is 0 Å². The van der Waals surface area contributed by atoms with Crippen molar-refractivity contribution >= 4 is 23.1 Å². The van der Waals surface area contributed by atoms with E-state index >= 15 is 0 Å². The molecule has 4 nitrogen and oxygen atoms in total. The van der Waals surface area contributed by atoms with Crippen molar-refractivity contribution in [3.05, 3.63) is 18.2 Å². The minimum atomic E-state index is 0.728. The van der Waals surface area contributed by atoms with E-state index in [9.17, 15) is 0 Å². The fourth-order valence-electron chi connectivity index (χ4n) is 2.03. The molecule has 1 saturated heterocycles. The van der Waals surface area contributed by atoms with Crippen molar-refractivity contribution in [2.24, 2.45) is 0 Å². The van der Waals surface area contributed by atoms with Gasteiger partial charge in [0.1, 0.15) is 5.75 Å². The first-order valence-electron chi connectivity index (χ1n) is 6.26. The molecule has 1 heterocycles. The number of methoxy groups -OCH3 is 1. The first-order chi connectivity index (χ1) is 8.78. The highest BCUT2D eigenvalue weighted by Crippen LogP contribution is 2.22. The van der Waals surface area contributed by atoms with E-state index in [1.54, 1.807) is 7.11 Å². The molecule has 0 aromatic heterocycles. The molecule has 0 radical (unpaired) electrons. The van der Waals surface area contributed by atoms with E-state index in [0.29, 0.717) is 0 Å². The summed E-state index contributed by atoms with van der Waals surface area (Å²) in [6, 6.07) is 5.74.